The van der Waals surface area contributed by atoms with Gasteiger partial charge in [0.2, 0.25) is 5.91 Å². The van der Waals surface area contributed by atoms with Crippen LogP contribution in [0.4, 0.5) is 26.3 Å². The molecule has 1 heterocycles. The molecular formula is C26H31F6N5O. The summed E-state index contributed by atoms with van der Waals surface area (Å²) >= 11 is 0. The Balaban J connectivity index is 1.79. The Morgan fingerprint density at radius 3 is 2.00 bits per heavy atom. The Labute approximate surface area is 217 Å². The number of amides is 1. The van der Waals surface area contributed by atoms with Crippen molar-refractivity contribution >= 4 is 11.9 Å². The van der Waals surface area contributed by atoms with E-state index in [0.717, 1.165) is 11.5 Å². The molecule has 0 radical (unpaired) electrons. The fraction of sp³-hybridized carbons (Fsp3) is 0.462. The third kappa shape index (κ3) is 7.18. The maximum absolute atomic E-state index is 13.6. The lowest BCUT2D eigenvalue weighted by Gasteiger charge is -2.40. The maximum atomic E-state index is 13.6. The zero-order valence-electron chi connectivity index (χ0n) is 21.4. The predicted molar refractivity (Wildman–Crippen MR) is 133 cm³/mol. The normalized spacial score (nSPS) is 16.3. The van der Waals surface area contributed by atoms with Crippen molar-refractivity contribution in [2.45, 2.75) is 24.8 Å². The summed E-state index contributed by atoms with van der Waals surface area (Å²) in [5, 5.41) is 3.04. The number of aliphatic imine (C=N–C) groups is 1. The third-order valence-corrected chi connectivity index (χ3v) is 6.52. The molecule has 38 heavy (non-hydrogen) atoms. The van der Waals surface area contributed by atoms with Crippen LogP contribution in [0.3, 0.4) is 0 Å². The Bertz CT molecular complexity index is 1080. The number of rotatable bonds is 6. The molecule has 1 fully saturated rings. The summed E-state index contributed by atoms with van der Waals surface area (Å²) in [6.07, 6.45) is -10.0. The van der Waals surface area contributed by atoms with Crippen molar-refractivity contribution in [1.82, 2.24) is 20.0 Å². The first-order chi connectivity index (χ1) is 17.8. The molecule has 0 bridgehead atoms. The molecule has 0 aliphatic carbocycles. The predicted octanol–water partition coefficient (Wildman–Crippen LogP) is 4.29. The minimum atomic E-state index is -4.92. The van der Waals surface area contributed by atoms with E-state index in [2.05, 4.69) is 15.2 Å². The fourth-order valence-corrected chi connectivity index (χ4v) is 4.53. The van der Waals surface area contributed by atoms with Crippen LogP contribution < -0.4 is 5.32 Å². The molecule has 1 aliphatic heterocycles. The van der Waals surface area contributed by atoms with Crippen LogP contribution in [-0.4, -0.2) is 80.4 Å². The van der Waals surface area contributed by atoms with Gasteiger partial charge < -0.3 is 15.1 Å². The lowest BCUT2D eigenvalue weighted by atomic mass is 10.0. The van der Waals surface area contributed by atoms with E-state index in [1.807, 2.05) is 35.2 Å². The van der Waals surface area contributed by atoms with E-state index in [1.54, 1.807) is 14.1 Å². The van der Waals surface area contributed by atoms with Crippen molar-refractivity contribution in [2.75, 3.05) is 53.9 Å². The second-order valence-corrected chi connectivity index (χ2v) is 9.06. The molecule has 2 aromatic carbocycles. The quantitative estimate of drug-likeness (QED) is 0.336. The number of alkyl halides is 6. The Morgan fingerprint density at radius 2 is 1.53 bits per heavy atom. The van der Waals surface area contributed by atoms with Crippen molar-refractivity contribution in [2.24, 2.45) is 4.99 Å². The van der Waals surface area contributed by atoms with Crippen LogP contribution in [0.2, 0.25) is 0 Å². The number of hydrogen-bond acceptors (Lipinski definition) is 3. The summed E-state index contributed by atoms with van der Waals surface area (Å²) in [7, 11) is 4.98. The lowest BCUT2D eigenvalue weighted by Crippen LogP contribution is -2.54. The molecule has 1 N–H and O–H groups in total. The molecule has 2 aromatic rings. The molecule has 0 aromatic heterocycles. The van der Waals surface area contributed by atoms with Crippen LogP contribution in [0.15, 0.2) is 53.5 Å². The molecule has 3 rings (SSSR count). The third-order valence-electron chi connectivity index (χ3n) is 6.52. The standard InChI is InChI=1S/C26H31F6N5O/c1-33-24(34-2)37-13-11-36(12-14-37)22(19-7-5-4-6-8-19)23(38)35(3)10-9-18-15-20(25(27,28)29)17-21(16-18)26(30,31)32/h4-8,15-17,22H,9-14H2,1-3H3,(H,33,34). The molecule has 1 atom stereocenters. The van der Waals surface area contributed by atoms with Crippen molar-refractivity contribution in [3.63, 3.8) is 0 Å². The summed E-state index contributed by atoms with van der Waals surface area (Å²) in [5.74, 6) is 0.453. The number of halogens is 6. The van der Waals surface area contributed by atoms with E-state index in [1.165, 1.54) is 11.9 Å². The van der Waals surface area contributed by atoms with Crippen LogP contribution in [0.5, 0.6) is 0 Å². The monoisotopic (exact) mass is 543 g/mol. The van der Waals surface area contributed by atoms with Gasteiger partial charge in [-0.25, -0.2) is 0 Å². The van der Waals surface area contributed by atoms with Crippen LogP contribution in [0.1, 0.15) is 28.3 Å². The first-order valence-corrected chi connectivity index (χ1v) is 12.1. The van der Waals surface area contributed by atoms with Gasteiger partial charge in [0.15, 0.2) is 5.96 Å². The average molecular weight is 544 g/mol. The van der Waals surface area contributed by atoms with Gasteiger partial charge in [-0.1, -0.05) is 30.3 Å². The first kappa shape index (κ1) is 29.3. The number of likely N-dealkylation sites (N-methyl/N-ethyl adjacent to an activating group) is 1. The molecule has 1 amide bonds. The summed E-state index contributed by atoms with van der Waals surface area (Å²) in [4.78, 5) is 23.3. The van der Waals surface area contributed by atoms with E-state index >= 15 is 0 Å². The molecule has 12 heteroatoms. The van der Waals surface area contributed by atoms with Crippen LogP contribution in [0.25, 0.3) is 0 Å². The molecule has 0 spiro atoms. The Hall–Kier alpha value is -3.28. The molecule has 1 unspecified atom stereocenters. The highest BCUT2D eigenvalue weighted by atomic mass is 19.4. The van der Waals surface area contributed by atoms with Gasteiger partial charge in [0.05, 0.1) is 11.1 Å². The van der Waals surface area contributed by atoms with Crippen molar-refractivity contribution in [3.8, 4) is 0 Å². The number of carbonyl (C=O) groups excluding carboxylic acids is 1. The average Bonchev–Trinajstić information content (AvgIpc) is 2.88. The van der Waals surface area contributed by atoms with Gasteiger partial charge in [-0.05, 0) is 35.7 Å². The van der Waals surface area contributed by atoms with Gasteiger partial charge >= 0.3 is 12.4 Å². The van der Waals surface area contributed by atoms with Gasteiger partial charge in [0.25, 0.3) is 0 Å². The van der Waals surface area contributed by atoms with Crippen LogP contribution in [-0.2, 0) is 23.6 Å². The molecule has 1 saturated heterocycles. The summed E-state index contributed by atoms with van der Waals surface area (Å²) in [6.45, 7) is 2.31. The number of benzene rings is 2. The summed E-state index contributed by atoms with van der Waals surface area (Å²) < 4.78 is 79.4. The van der Waals surface area contributed by atoms with Gasteiger partial charge in [-0.15, -0.1) is 0 Å². The smallest absolute Gasteiger partial charge is 0.359 e. The second kappa shape index (κ2) is 12.1. The molecule has 0 saturated carbocycles. The van der Waals surface area contributed by atoms with E-state index in [-0.39, 0.29) is 30.5 Å². The number of guanidine groups is 1. The van der Waals surface area contributed by atoms with Crippen LogP contribution in [0, 0.1) is 0 Å². The van der Waals surface area contributed by atoms with Gasteiger partial charge in [0, 0.05) is 53.9 Å². The van der Waals surface area contributed by atoms with E-state index in [9.17, 15) is 31.1 Å². The van der Waals surface area contributed by atoms with Gasteiger partial charge in [0.1, 0.15) is 6.04 Å². The Morgan fingerprint density at radius 1 is 0.974 bits per heavy atom. The van der Waals surface area contributed by atoms with Crippen molar-refractivity contribution < 1.29 is 31.1 Å². The number of nitrogens with one attached hydrogen (secondary N) is 1. The number of nitrogens with zero attached hydrogens (tertiary/aromatic N) is 4. The zero-order valence-corrected chi connectivity index (χ0v) is 21.4. The van der Waals surface area contributed by atoms with E-state index in [0.29, 0.717) is 38.3 Å². The fourth-order valence-electron chi connectivity index (χ4n) is 4.53. The minimum absolute atomic E-state index is 0.0485. The first-order valence-electron chi connectivity index (χ1n) is 12.1. The largest absolute Gasteiger partial charge is 0.416 e. The number of carbonyl (C=O) groups is 1. The molecule has 1 aliphatic rings. The number of piperazine rings is 1. The van der Waals surface area contributed by atoms with Crippen LogP contribution >= 0.6 is 0 Å². The topological polar surface area (TPSA) is 51.2 Å². The molecular weight excluding hydrogens is 512 g/mol. The summed E-state index contributed by atoms with van der Waals surface area (Å²) in [6, 6.07) is 9.99. The summed E-state index contributed by atoms with van der Waals surface area (Å²) in [5.41, 5.74) is -2.12. The zero-order chi connectivity index (χ0) is 28.1. The van der Waals surface area contributed by atoms with Gasteiger partial charge in [-0.3, -0.25) is 14.7 Å². The highest BCUT2D eigenvalue weighted by Gasteiger charge is 2.37. The van der Waals surface area contributed by atoms with E-state index in [4.69, 9.17) is 0 Å². The van der Waals surface area contributed by atoms with Crippen molar-refractivity contribution in [3.05, 3.63) is 70.8 Å². The highest BCUT2D eigenvalue weighted by Crippen LogP contribution is 2.36. The van der Waals surface area contributed by atoms with Crippen molar-refractivity contribution in [1.29, 1.82) is 0 Å². The Kier molecular flexibility index (Phi) is 9.29. The van der Waals surface area contributed by atoms with E-state index < -0.39 is 29.5 Å². The molecule has 6 nitrogen and oxygen atoms in total. The lowest BCUT2D eigenvalue weighted by molar-refractivity contribution is -0.143. The SMILES string of the molecule is CN=C(NC)N1CCN(C(C(=O)N(C)CCc2cc(C(F)(F)F)cc(C(F)(F)F)c2)c2ccccc2)CC1. The number of hydrogen-bond donors (Lipinski definition) is 1. The second-order valence-electron chi connectivity index (χ2n) is 9.06. The minimum Gasteiger partial charge on any atom is -0.359 e. The molecule has 208 valence electrons. The van der Waals surface area contributed by atoms with Gasteiger partial charge in [-0.2, -0.15) is 26.3 Å². The highest BCUT2D eigenvalue weighted by molar-refractivity contribution is 5.83. The maximum Gasteiger partial charge on any atom is 0.416 e.